The van der Waals surface area contributed by atoms with Crippen LogP contribution in [0.2, 0.25) is 0 Å². The predicted octanol–water partition coefficient (Wildman–Crippen LogP) is 3.64. The molecule has 0 saturated carbocycles. The Morgan fingerprint density at radius 1 is 1.00 bits per heavy atom. The molecule has 0 atom stereocenters. The first kappa shape index (κ1) is 13.7. The van der Waals surface area contributed by atoms with E-state index in [1.807, 2.05) is 19.2 Å². The van der Waals surface area contributed by atoms with E-state index in [-0.39, 0.29) is 5.95 Å². The van der Waals surface area contributed by atoms with Gasteiger partial charge in [0.2, 0.25) is 5.95 Å². The third kappa shape index (κ3) is 2.64. The van der Waals surface area contributed by atoms with Crippen molar-refractivity contribution in [1.82, 2.24) is 9.97 Å². The Morgan fingerprint density at radius 3 is 2.38 bits per heavy atom. The summed E-state index contributed by atoms with van der Waals surface area (Å²) in [4.78, 5) is 9.78. The van der Waals surface area contributed by atoms with Gasteiger partial charge in [-0.3, -0.25) is 0 Å². The fraction of sp³-hybridized carbons (Fsp3) is 0.125. The maximum atomic E-state index is 5.76. The molecule has 0 aliphatic rings. The van der Waals surface area contributed by atoms with Gasteiger partial charge in [-0.05, 0) is 41.6 Å². The maximum absolute atomic E-state index is 5.76. The number of aromatic nitrogens is 2. The number of fused-ring (bicyclic) bond motifs is 1. The SMILES string of the molecule is CNc1nc(N)nc2cc(-c3ccc(SC)cc3)ccc12. The molecule has 106 valence electrons. The first-order valence-electron chi connectivity index (χ1n) is 6.60. The number of nitrogens with two attached hydrogens (primary N) is 1. The summed E-state index contributed by atoms with van der Waals surface area (Å²) >= 11 is 1.74. The average Bonchev–Trinajstić information content (AvgIpc) is 2.53. The Hall–Kier alpha value is -2.27. The number of benzene rings is 2. The second-order valence-corrected chi connectivity index (χ2v) is 5.52. The largest absolute Gasteiger partial charge is 0.372 e. The van der Waals surface area contributed by atoms with Crippen molar-refractivity contribution in [3.8, 4) is 11.1 Å². The lowest BCUT2D eigenvalue weighted by Crippen LogP contribution is -2.01. The van der Waals surface area contributed by atoms with Gasteiger partial charge in [0.05, 0.1) is 5.52 Å². The average molecular weight is 296 g/mol. The molecule has 0 unspecified atom stereocenters. The summed E-state index contributed by atoms with van der Waals surface area (Å²) in [6, 6.07) is 14.6. The van der Waals surface area contributed by atoms with Crippen LogP contribution in [0, 0.1) is 0 Å². The second kappa shape index (κ2) is 5.61. The zero-order valence-electron chi connectivity index (χ0n) is 11.9. The number of nitrogens with one attached hydrogen (secondary N) is 1. The molecule has 0 bridgehead atoms. The first-order valence-corrected chi connectivity index (χ1v) is 7.83. The zero-order valence-corrected chi connectivity index (χ0v) is 12.7. The molecular weight excluding hydrogens is 280 g/mol. The van der Waals surface area contributed by atoms with Crippen LogP contribution in [-0.2, 0) is 0 Å². The van der Waals surface area contributed by atoms with Crippen LogP contribution in [-0.4, -0.2) is 23.3 Å². The van der Waals surface area contributed by atoms with Crippen LogP contribution in [0.5, 0.6) is 0 Å². The zero-order chi connectivity index (χ0) is 14.8. The fourth-order valence-corrected chi connectivity index (χ4v) is 2.71. The molecule has 0 aliphatic carbocycles. The third-order valence-corrected chi connectivity index (χ3v) is 4.12. The van der Waals surface area contributed by atoms with E-state index in [1.54, 1.807) is 11.8 Å². The molecule has 3 aromatic rings. The lowest BCUT2D eigenvalue weighted by molar-refractivity contribution is 1.22. The molecule has 1 aromatic heterocycles. The van der Waals surface area contributed by atoms with Crippen molar-refractivity contribution in [3.63, 3.8) is 0 Å². The van der Waals surface area contributed by atoms with Gasteiger partial charge < -0.3 is 11.1 Å². The van der Waals surface area contributed by atoms with Gasteiger partial charge in [0, 0.05) is 17.3 Å². The van der Waals surface area contributed by atoms with Crippen LogP contribution in [0.3, 0.4) is 0 Å². The van der Waals surface area contributed by atoms with Crippen LogP contribution >= 0.6 is 11.8 Å². The van der Waals surface area contributed by atoms with Crippen molar-refractivity contribution in [2.24, 2.45) is 0 Å². The topological polar surface area (TPSA) is 63.8 Å². The van der Waals surface area contributed by atoms with Gasteiger partial charge in [0.15, 0.2) is 0 Å². The number of hydrogen-bond acceptors (Lipinski definition) is 5. The minimum Gasteiger partial charge on any atom is -0.372 e. The quantitative estimate of drug-likeness (QED) is 0.722. The van der Waals surface area contributed by atoms with Crippen LogP contribution in [0.4, 0.5) is 11.8 Å². The predicted molar refractivity (Wildman–Crippen MR) is 90.7 cm³/mol. The van der Waals surface area contributed by atoms with E-state index in [0.717, 1.165) is 27.8 Å². The van der Waals surface area contributed by atoms with Crippen LogP contribution in [0.25, 0.3) is 22.0 Å². The van der Waals surface area contributed by atoms with Crippen molar-refractivity contribution in [3.05, 3.63) is 42.5 Å². The van der Waals surface area contributed by atoms with E-state index in [0.29, 0.717) is 0 Å². The molecule has 0 aliphatic heterocycles. The highest BCUT2D eigenvalue weighted by molar-refractivity contribution is 7.98. The summed E-state index contributed by atoms with van der Waals surface area (Å²) in [6.45, 7) is 0. The van der Waals surface area contributed by atoms with E-state index in [1.165, 1.54) is 4.90 Å². The number of rotatable bonds is 3. The van der Waals surface area contributed by atoms with Gasteiger partial charge in [-0.25, -0.2) is 4.98 Å². The summed E-state index contributed by atoms with van der Waals surface area (Å²) in [5.74, 6) is 1.03. The number of hydrogen-bond donors (Lipinski definition) is 2. The molecule has 3 rings (SSSR count). The standard InChI is InChI=1S/C16H16N4S/c1-18-15-13-8-5-11(9-14(13)19-16(17)20-15)10-3-6-12(21-2)7-4-10/h3-9H,1-2H3,(H3,17,18,19,20). The van der Waals surface area contributed by atoms with Gasteiger partial charge in [-0.15, -0.1) is 11.8 Å². The van der Waals surface area contributed by atoms with E-state index in [2.05, 4.69) is 51.9 Å². The highest BCUT2D eigenvalue weighted by Gasteiger charge is 2.07. The molecular formula is C16H16N4S. The molecule has 0 amide bonds. The molecule has 5 heteroatoms. The van der Waals surface area contributed by atoms with E-state index < -0.39 is 0 Å². The normalized spacial score (nSPS) is 10.8. The summed E-state index contributed by atoms with van der Waals surface area (Å²) in [5.41, 5.74) is 8.89. The molecule has 4 nitrogen and oxygen atoms in total. The van der Waals surface area contributed by atoms with Gasteiger partial charge in [0.1, 0.15) is 5.82 Å². The van der Waals surface area contributed by atoms with Crippen molar-refractivity contribution in [2.45, 2.75) is 4.90 Å². The van der Waals surface area contributed by atoms with E-state index >= 15 is 0 Å². The molecule has 21 heavy (non-hydrogen) atoms. The Bertz CT molecular complexity index is 784. The van der Waals surface area contributed by atoms with Crippen molar-refractivity contribution in [2.75, 3.05) is 24.4 Å². The van der Waals surface area contributed by atoms with Crippen LogP contribution < -0.4 is 11.1 Å². The Balaban J connectivity index is 2.11. The summed E-state index contributed by atoms with van der Waals surface area (Å²) in [5, 5.41) is 4.02. The van der Waals surface area contributed by atoms with E-state index in [9.17, 15) is 0 Å². The number of nitrogen functional groups attached to an aromatic ring is 1. The highest BCUT2D eigenvalue weighted by atomic mass is 32.2. The van der Waals surface area contributed by atoms with Crippen LogP contribution in [0.1, 0.15) is 0 Å². The summed E-state index contributed by atoms with van der Waals surface area (Å²) < 4.78 is 0. The van der Waals surface area contributed by atoms with E-state index in [4.69, 9.17) is 5.73 Å². The van der Waals surface area contributed by atoms with Crippen molar-refractivity contribution >= 4 is 34.4 Å². The monoisotopic (exact) mass is 296 g/mol. The summed E-state index contributed by atoms with van der Waals surface area (Å²) in [7, 11) is 1.83. The number of thioether (sulfide) groups is 1. The lowest BCUT2D eigenvalue weighted by atomic mass is 10.0. The Morgan fingerprint density at radius 2 is 1.71 bits per heavy atom. The van der Waals surface area contributed by atoms with Crippen molar-refractivity contribution in [1.29, 1.82) is 0 Å². The molecule has 0 radical (unpaired) electrons. The lowest BCUT2D eigenvalue weighted by Gasteiger charge is -2.08. The first-order chi connectivity index (χ1) is 10.2. The smallest absolute Gasteiger partial charge is 0.222 e. The van der Waals surface area contributed by atoms with Gasteiger partial charge in [-0.1, -0.05) is 18.2 Å². The maximum Gasteiger partial charge on any atom is 0.222 e. The Kier molecular flexibility index (Phi) is 3.66. The molecule has 0 fully saturated rings. The third-order valence-electron chi connectivity index (χ3n) is 3.37. The highest BCUT2D eigenvalue weighted by Crippen LogP contribution is 2.28. The Labute approximate surface area is 127 Å². The minimum atomic E-state index is 0.279. The van der Waals surface area contributed by atoms with Gasteiger partial charge >= 0.3 is 0 Å². The molecule has 0 spiro atoms. The van der Waals surface area contributed by atoms with Gasteiger partial charge in [0.25, 0.3) is 0 Å². The number of anilines is 2. The van der Waals surface area contributed by atoms with Crippen molar-refractivity contribution < 1.29 is 0 Å². The minimum absolute atomic E-state index is 0.279. The van der Waals surface area contributed by atoms with Crippen LogP contribution in [0.15, 0.2) is 47.4 Å². The number of nitrogens with zero attached hydrogens (tertiary/aromatic N) is 2. The molecule has 3 N–H and O–H groups in total. The molecule has 0 saturated heterocycles. The molecule has 1 heterocycles. The van der Waals surface area contributed by atoms with Gasteiger partial charge in [-0.2, -0.15) is 4.98 Å². The fourth-order valence-electron chi connectivity index (χ4n) is 2.30. The summed E-state index contributed by atoms with van der Waals surface area (Å²) in [6.07, 6.45) is 2.07. The molecule has 2 aromatic carbocycles. The second-order valence-electron chi connectivity index (χ2n) is 4.64.